The molecule has 0 spiro atoms. The van der Waals surface area contributed by atoms with E-state index in [1.807, 2.05) is 0 Å². The number of methoxy groups -OCH3 is 2. The predicted octanol–water partition coefficient (Wildman–Crippen LogP) is 2.26. The van der Waals surface area contributed by atoms with Crippen molar-refractivity contribution in [2.75, 3.05) is 27.3 Å². The molecule has 3 rings (SSSR count). The average Bonchev–Trinajstić information content (AvgIpc) is 3.05. The van der Waals surface area contributed by atoms with Crippen LogP contribution in [0.3, 0.4) is 0 Å². The van der Waals surface area contributed by atoms with E-state index in [2.05, 4.69) is 14.7 Å². The first-order valence-corrected chi connectivity index (χ1v) is 9.94. The molecule has 30 heavy (non-hydrogen) atoms. The van der Waals surface area contributed by atoms with Gasteiger partial charge in [0.15, 0.2) is 0 Å². The lowest BCUT2D eigenvalue weighted by atomic mass is 9.97. The number of fused-ring (bicyclic) bond motifs is 1. The largest absolute Gasteiger partial charge is 0.469 e. The summed E-state index contributed by atoms with van der Waals surface area (Å²) in [7, 11) is 2.35. The Morgan fingerprint density at radius 2 is 2.03 bits per heavy atom. The third-order valence-corrected chi connectivity index (χ3v) is 6.08. The Balaban J connectivity index is 1.94. The molecule has 12 heteroatoms. The van der Waals surface area contributed by atoms with Crippen molar-refractivity contribution < 1.29 is 32.2 Å². The molecule has 0 radical (unpaired) electrons. The van der Waals surface area contributed by atoms with Crippen LogP contribution in [0.4, 0.5) is 13.2 Å². The highest BCUT2D eigenvalue weighted by Gasteiger charge is 2.41. The van der Waals surface area contributed by atoms with E-state index in [-0.39, 0.29) is 52.4 Å². The predicted molar refractivity (Wildman–Crippen MR) is 101 cm³/mol. The number of hydrogen-bond donors (Lipinski definition) is 1. The van der Waals surface area contributed by atoms with E-state index in [0.29, 0.717) is 13.0 Å². The lowest BCUT2D eigenvalue weighted by molar-refractivity contribution is -0.187. The Morgan fingerprint density at radius 1 is 1.30 bits per heavy atom. The number of alkyl halides is 3. The minimum Gasteiger partial charge on any atom is -0.469 e. The van der Waals surface area contributed by atoms with E-state index < -0.39 is 29.6 Å². The number of aromatic nitrogens is 2. The SMILES string of the molecule is COC(=O)Cc1c(C(=O)OC)sc2nc(CN3CCCC(C(F)(F)F)C3)[nH]c(=O)c12. The zero-order chi connectivity index (χ0) is 22.1. The molecule has 2 aromatic heterocycles. The van der Waals surface area contributed by atoms with Gasteiger partial charge in [0, 0.05) is 12.1 Å². The first kappa shape index (κ1) is 22.2. The van der Waals surface area contributed by atoms with E-state index in [4.69, 9.17) is 4.74 Å². The van der Waals surface area contributed by atoms with E-state index in [9.17, 15) is 27.6 Å². The highest BCUT2D eigenvalue weighted by atomic mass is 32.1. The van der Waals surface area contributed by atoms with E-state index in [1.165, 1.54) is 14.2 Å². The van der Waals surface area contributed by atoms with Gasteiger partial charge in [0.05, 0.1) is 38.5 Å². The fourth-order valence-corrected chi connectivity index (χ4v) is 4.64. The van der Waals surface area contributed by atoms with Crippen molar-refractivity contribution in [1.29, 1.82) is 0 Å². The topological polar surface area (TPSA) is 102 Å². The molecule has 0 amide bonds. The molecule has 164 valence electrons. The van der Waals surface area contributed by atoms with Crippen LogP contribution in [0.5, 0.6) is 0 Å². The Hall–Kier alpha value is -2.47. The van der Waals surface area contributed by atoms with Crippen molar-refractivity contribution in [3.8, 4) is 0 Å². The summed E-state index contributed by atoms with van der Waals surface area (Å²) in [4.78, 5) is 45.3. The van der Waals surface area contributed by atoms with Crippen molar-refractivity contribution in [2.24, 2.45) is 5.92 Å². The maximum atomic E-state index is 13.0. The molecular formula is C18H20F3N3O5S. The number of nitrogens with one attached hydrogen (secondary N) is 1. The quantitative estimate of drug-likeness (QED) is 0.702. The van der Waals surface area contributed by atoms with E-state index in [0.717, 1.165) is 11.3 Å². The number of nitrogens with zero attached hydrogens (tertiary/aromatic N) is 2. The third kappa shape index (κ3) is 4.64. The van der Waals surface area contributed by atoms with Crippen LogP contribution in [0.15, 0.2) is 4.79 Å². The number of rotatable bonds is 5. The maximum absolute atomic E-state index is 13.0. The molecule has 1 saturated heterocycles. The zero-order valence-corrected chi connectivity index (χ0v) is 17.1. The normalized spacial score (nSPS) is 17.8. The van der Waals surface area contributed by atoms with Gasteiger partial charge in [0.2, 0.25) is 0 Å². The summed E-state index contributed by atoms with van der Waals surface area (Å²) in [5, 5.41) is 0.0707. The molecule has 1 atom stereocenters. The Bertz CT molecular complexity index is 1020. The lowest BCUT2D eigenvalue weighted by Gasteiger charge is -2.33. The van der Waals surface area contributed by atoms with Gasteiger partial charge in [-0.3, -0.25) is 14.5 Å². The van der Waals surface area contributed by atoms with Crippen LogP contribution in [0.2, 0.25) is 0 Å². The molecule has 1 aliphatic rings. The van der Waals surface area contributed by atoms with Crippen LogP contribution in [-0.4, -0.2) is 60.3 Å². The number of halogens is 3. The third-order valence-electron chi connectivity index (χ3n) is 4.97. The van der Waals surface area contributed by atoms with Crippen LogP contribution in [0.25, 0.3) is 10.2 Å². The summed E-state index contributed by atoms with van der Waals surface area (Å²) in [5.41, 5.74) is -0.422. The summed E-state index contributed by atoms with van der Waals surface area (Å²) in [6.07, 6.45) is -4.11. The highest BCUT2D eigenvalue weighted by Crippen LogP contribution is 2.34. The standard InChI is InChI=1S/C18H20F3N3O5S/c1-28-12(25)6-10-13-15(26)22-11(23-16(13)30-14(10)17(27)29-2)8-24-5-3-4-9(7-24)18(19,20)21/h9H,3-8H2,1-2H3,(H,22,23,26). The zero-order valence-electron chi connectivity index (χ0n) is 16.3. The summed E-state index contributed by atoms with van der Waals surface area (Å²) in [5.74, 6) is -2.59. The number of H-pyrrole nitrogens is 1. The number of carbonyl (C=O) groups excluding carboxylic acids is 2. The van der Waals surface area contributed by atoms with Crippen LogP contribution in [0, 0.1) is 5.92 Å². The highest BCUT2D eigenvalue weighted by molar-refractivity contribution is 7.20. The van der Waals surface area contributed by atoms with Gasteiger partial charge in [-0.2, -0.15) is 13.2 Å². The van der Waals surface area contributed by atoms with Crippen LogP contribution < -0.4 is 5.56 Å². The van der Waals surface area contributed by atoms with Gasteiger partial charge in [-0.25, -0.2) is 9.78 Å². The van der Waals surface area contributed by atoms with Gasteiger partial charge >= 0.3 is 18.1 Å². The first-order valence-electron chi connectivity index (χ1n) is 9.12. The smallest absolute Gasteiger partial charge is 0.393 e. The summed E-state index contributed by atoms with van der Waals surface area (Å²) in [6.45, 7) is 0.325. The number of likely N-dealkylation sites (tertiary alicyclic amines) is 1. The molecule has 3 heterocycles. The molecule has 0 saturated carbocycles. The molecule has 0 aliphatic carbocycles. The van der Waals surface area contributed by atoms with Gasteiger partial charge in [0.1, 0.15) is 15.5 Å². The van der Waals surface area contributed by atoms with Crippen molar-refractivity contribution in [3.63, 3.8) is 0 Å². The monoisotopic (exact) mass is 447 g/mol. The Morgan fingerprint density at radius 3 is 2.67 bits per heavy atom. The van der Waals surface area contributed by atoms with Crippen molar-refractivity contribution >= 4 is 33.5 Å². The summed E-state index contributed by atoms with van der Waals surface area (Å²) < 4.78 is 48.5. The Kier molecular flexibility index (Phi) is 6.46. The Labute approximate surface area is 173 Å². The minimum atomic E-state index is -4.27. The number of piperidine rings is 1. The number of aromatic amines is 1. The van der Waals surface area contributed by atoms with Gasteiger partial charge in [-0.05, 0) is 19.4 Å². The van der Waals surface area contributed by atoms with Gasteiger partial charge in [0.25, 0.3) is 5.56 Å². The maximum Gasteiger partial charge on any atom is 0.393 e. The molecule has 2 aromatic rings. The number of hydrogen-bond acceptors (Lipinski definition) is 8. The number of esters is 2. The van der Waals surface area contributed by atoms with Crippen molar-refractivity contribution in [3.05, 3.63) is 26.6 Å². The van der Waals surface area contributed by atoms with Crippen LogP contribution >= 0.6 is 11.3 Å². The molecule has 1 N–H and O–H groups in total. The summed E-state index contributed by atoms with van der Waals surface area (Å²) in [6, 6.07) is 0. The second-order valence-corrected chi connectivity index (χ2v) is 7.96. The first-order chi connectivity index (χ1) is 14.1. The fraction of sp³-hybridized carbons (Fsp3) is 0.556. The van der Waals surface area contributed by atoms with Crippen LogP contribution in [0.1, 0.15) is 33.9 Å². The fourth-order valence-electron chi connectivity index (χ4n) is 3.50. The second kappa shape index (κ2) is 8.72. The van der Waals surface area contributed by atoms with Crippen molar-refractivity contribution in [2.45, 2.75) is 32.0 Å². The average molecular weight is 447 g/mol. The van der Waals surface area contributed by atoms with Gasteiger partial charge in [-0.1, -0.05) is 0 Å². The van der Waals surface area contributed by atoms with Crippen molar-refractivity contribution in [1.82, 2.24) is 14.9 Å². The number of carbonyl (C=O) groups is 2. The lowest BCUT2D eigenvalue weighted by Crippen LogP contribution is -2.41. The minimum absolute atomic E-state index is 0.0373. The molecule has 8 nitrogen and oxygen atoms in total. The molecule has 1 aliphatic heterocycles. The second-order valence-electron chi connectivity index (χ2n) is 6.96. The molecule has 0 aromatic carbocycles. The summed E-state index contributed by atoms with van der Waals surface area (Å²) >= 11 is 0.892. The molecule has 0 bridgehead atoms. The van der Waals surface area contributed by atoms with E-state index >= 15 is 0 Å². The molecule has 1 fully saturated rings. The van der Waals surface area contributed by atoms with E-state index in [1.54, 1.807) is 4.90 Å². The van der Waals surface area contributed by atoms with Gasteiger partial charge < -0.3 is 14.5 Å². The molecule has 1 unspecified atom stereocenters. The van der Waals surface area contributed by atoms with Crippen LogP contribution in [-0.2, 0) is 27.2 Å². The molecular weight excluding hydrogens is 427 g/mol. The number of ether oxygens (including phenoxy) is 2. The number of thiophene rings is 1. The van der Waals surface area contributed by atoms with Gasteiger partial charge in [-0.15, -0.1) is 11.3 Å².